The molecule has 2 aromatic rings. The number of hydrogen-bond donors (Lipinski definition) is 1. The summed E-state index contributed by atoms with van der Waals surface area (Å²) in [4.78, 5) is 2.55. The van der Waals surface area contributed by atoms with Crippen LogP contribution in [0.4, 0.5) is 0 Å². The van der Waals surface area contributed by atoms with Crippen molar-refractivity contribution in [2.75, 3.05) is 7.05 Å². The first kappa shape index (κ1) is 13.4. The van der Waals surface area contributed by atoms with Crippen molar-refractivity contribution in [1.29, 1.82) is 0 Å². The van der Waals surface area contributed by atoms with Gasteiger partial charge in [-0.1, -0.05) is 11.6 Å². The standard InChI is InChI=1S/C14H16ClNOS/c1-10-7-11(15)3-6-14(10)17-9-13-5-4-12(18-13)8-16-2/h3-7,16H,8-9H2,1-2H3. The van der Waals surface area contributed by atoms with E-state index in [0.29, 0.717) is 6.61 Å². The van der Waals surface area contributed by atoms with Crippen LogP contribution in [0.3, 0.4) is 0 Å². The molecule has 1 heterocycles. The highest BCUT2D eigenvalue weighted by molar-refractivity contribution is 7.11. The van der Waals surface area contributed by atoms with E-state index >= 15 is 0 Å². The van der Waals surface area contributed by atoms with Crippen LogP contribution in [-0.2, 0) is 13.2 Å². The fourth-order valence-corrected chi connectivity index (χ4v) is 2.86. The molecule has 18 heavy (non-hydrogen) atoms. The Hall–Kier alpha value is -1.03. The van der Waals surface area contributed by atoms with Gasteiger partial charge in [0.15, 0.2) is 0 Å². The first-order valence-electron chi connectivity index (χ1n) is 5.80. The zero-order chi connectivity index (χ0) is 13.0. The molecule has 0 radical (unpaired) electrons. The van der Waals surface area contributed by atoms with Gasteiger partial charge in [0, 0.05) is 21.3 Å². The number of ether oxygens (including phenoxy) is 1. The number of rotatable bonds is 5. The van der Waals surface area contributed by atoms with Gasteiger partial charge in [-0.3, -0.25) is 0 Å². The van der Waals surface area contributed by atoms with Crippen LogP contribution in [0.5, 0.6) is 5.75 Å². The van der Waals surface area contributed by atoms with E-state index in [4.69, 9.17) is 16.3 Å². The maximum absolute atomic E-state index is 5.91. The summed E-state index contributed by atoms with van der Waals surface area (Å²) in [5.74, 6) is 0.892. The quantitative estimate of drug-likeness (QED) is 0.894. The summed E-state index contributed by atoms with van der Waals surface area (Å²) in [7, 11) is 1.95. The highest BCUT2D eigenvalue weighted by atomic mass is 35.5. The SMILES string of the molecule is CNCc1ccc(COc2ccc(Cl)cc2C)s1. The fraction of sp³-hybridized carbons (Fsp3) is 0.286. The van der Waals surface area contributed by atoms with Crippen molar-refractivity contribution in [3.63, 3.8) is 0 Å². The molecule has 1 aromatic heterocycles. The van der Waals surface area contributed by atoms with Crippen LogP contribution in [0.2, 0.25) is 5.02 Å². The fourth-order valence-electron chi connectivity index (χ4n) is 1.69. The van der Waals surface area contributed by atoms with Gasteiger partial charge in [-0.2, -0.15) is 0 Å². The van der Waals surface area contributed by atoms with E-state index in [1.165, 1.54) is 9.75 Å². The van der Waals surface area contributed by atoms with E-state index in [2.05, 4.69) is 17.4 Å². The Morgan fingerprint density at radius 1 is 1.22 bits per heavy atom. The van der Waals surface area contributed by atoms with Gasteiger partial charge in [-0.15, -0.1) is 11.3 Å². The second kappa shape index (κ2) is 6.23. The lowest BCUT2D eigenvalue weighted by atomic mass is 10.2. The Bertz CT molecular complexity index is 524. The average molecular weight is 282 g/mol. The van der Waals surface area contributed by atoms with Crippen LogP contribution in [0, 0.1) is 6.92 Å². The Labute approximate surface area is 117 Å². The highest BCUT2D eigenvalue weighted by Gasteiger charge is 2.03. The van der Waals surface area contributed by atoms with Gasteiger partial charge in [0.05, 0.1) is 0 Å². The summed E-state index contributed by atoms with van der Waals surface area (Å²) in [6.45, 7) is 3.52. The van der Waals surface area contributed by atoms with Crippen LogP contribution in [0.25, 0.3) is 0 Å². The van der Waals surface area contributed by atoms with Crippen molar-refractivity contribution in [3.05, 3.63) is 50.7 Å². The summed E-state index contributed by atoms with van der Waals surface area (Å²) in [5, 5.41) is 3.88. The molecule has 96 valence electrons. The van der Waals surface area contributed by atoms with Gasteiger partial charge in [-0.25, -0.2) is 0 Å². The lowest BCUT2D eigenvalue weighted by molar-refractivity contribution is 0.307. The Balaban J connectivity index is 1.97. The lowest BCUT2D eigenvalue weighted by Crippen LogP contribution is -2.02. The number of benzene rings is 1. The van der Waals surface area contributed by atoms with Gasteiger partial charge < -0.3 is 10.1 Å². The molecule has 0 fully saturated rings. The number of hydrogen-bond acceptors (Lipinski definition) is 3. The van der Waals surface area contributed by atoms with Crippen molar-refractivity contribution < 1.29 is 4.74 Å². The minimum atomic E-state index is 0.608. The maximum Gasteiger partial charge on any atom is 0.122 e. The number of thiophene rings is 1. The molecular formula is C14H16ClNOS. The molecule has 0 aliphatic heterocycles. The molecule has 0 saturated heterocycles. The molecule has 0 aliphatic rings. The minimum absolute atomic E-state index is 0.608. The summed E-state index contributed by atoms with van der Waals surface area (Å²) in [6.07, 6.45) is 0. The van der Waals surface area contributed by atoms with E-state index in [-0.39, 0.29) is 0 Å². The molecule has 0 unspecified atom stereocenters. The van der Waals surface area contributed by atoms with Gasteiger partial charge >= 0.3 is 0 Å². The minimum Gasteiger partial charge on any atom is -0.488 e. The van der Waals surface area contributed by atoms with E-state index < -0.39 is 0 Å². The predicted molar refractivity (Wildman–Crippen MR) is 77.6 cm³/mol. The first-order valence-corrected chi connectivity index (χ1v) is 6.99. The van der Waals surface area contributed by atoms with Crippen molar-refractivity contribution in [2.45, 2.75) is 20.1 Å². The van der Waals surface area contributed by atoms with E-state index in [9.17, 15) is 0 Å². The Kier molecular flexibility index (Phi) is 4.64. The van der Waals surface area contributed by atoms with Gasteiger partial charge in [-0.05, 0) is 49.9 Å². The van der Waals surface area contributed by atoms with Crippen LogP contribution in [-0.4, -0.2) is 7.05 Å². The molecule has 0 amide bonds. The average Bonchev–Trinajstić information content (AvgIpc) is 2.76. The topological polar surface area (TPSA) is 21.3 Å². The monoisotopic (exact) mass is 281 g/mol. The normalized spacial score (nSPS) is 10.6. The summed E-state index contributed by atoms with van der Waals surface area (Å²) in [5.41, 5.74) is 1.06. The molecular weight excluding hydrogens is 266 g/mol. The largest absolute Gasteiger partial charge is 0.488 e. The van der Waals surface area contributed by atoms with E-state index in [1.807, 2.05) is 32.2 Å². The van der Waals surface area contributed by atoms with Crippen LogP contribution in [0.15, 0.2) is 30.3 Å². The van der Waals surface area contributed by atoms with E-state index in [0.717, 1.165) is 22.9 Å². The predicted octanol–water partition coefficient (Wildman–Crippen LogP) is 4.01. The highest BCUT2D eigenvalue weighted by Crippen LogP contribution is 2.24. The number of nitrogens with one attached hydrogen (secondary N) is 1. The lowest BCUT2D eigenvalue weighted by Gasteiger charge is -2.08. The van der Waals surface area contributed by atoms with Gasteiger partial charge in [0.25, 0.3) is 0 Å². The van der Waals surface area contributed by atoms with Crippen molar-refractivity contribution >= 4 is 22.9 Å². The molecule has 4 heteroatoms. The third kappa shape index (κ3) is 3.48. The van der Waals surface area contributed by atoms with Crippen molar-refractivity contribution in [2.24, 2.45) is 0 Å². The Morgan fingerprint density at radius 3 is 2.72 bits per heavy atom. The third-order valence-electron chi connectivity index (χ3n) is 2.58. The van der Waals surface area contributed by atoms with Crippen molar-refractivity contribution in [1.82, 2.24) is 5.32 Å². The summed E-state index contributed by atoms with van der Waals surface area (Å²) >= 11 is 7.68. The molecule has 0 bridgehead atoms. The zero-order valence-corrected chi connectivity index (χ0v) is 12.1. The van der Waals surface area contributed by atoms with Crippen LogP contribution < -0.4 is 10.1 Å². The molecule has 0 atom stereocenters. The van der Waals surface area contributed by atoms with Gasteiger partial charge in [0.2, 0.25) is 0 Å². The molecule has 2 rings (SSSR count). The molecule has 0 saturated carbocycles. The summed E-state index contributed by atoms with van der Waals surface area (Å²) in [6, 6.07) is 9.93. The van der Waals surface area contributed by atoms with Gasteiger partial charge in [0.1, 0.15) is 12.4 Å². The Morgan fingerprint density at radius 2 is 2.00 bits per heavy atom. The van der Waals surface area contributed by atoms with Crippen LogP contribution >= 0.6 is 22.9 Å². The van der Waals surface area contributed by atoms with Crippen molar-refractivity contribution in [3.8, 4) is 5.75 Å². The zero-order valence-electron chi connectivity index (χ0n) is 10.5. The number of aryl methyl sites for hydroxylation is 1. The van der Waals surface area contributed by atoms with E-state index in [1.54, 1.807) is 11.3 Å². The molecule has 2 nitrogen and oxygen atoms in total. The molecule has 0 spiro atoms. The smallest absolute Gasteiger partial charge is 0.122 e. The molecule has 1 N–H and O–H groups in total. The summed E-state index contributed by atoms with van der Waals surface area (Å²) < 4.78 is 5.80. The molecule has 0 aliphatic carbocycles. The maximum atomic E-state index is 5.91. The third-order valence-corrected chi connectivity index (χ3v) is 3.87. The second-order valence-corrected chi connectivity index (χ2v) is 5.79. The second-order valence-electron chi connectivity index (χ2n) is 4.10. The first-order chi connectivity index (χ1) is 8.69. The van der Waals surface area contributed by atoms with Crippen LogP contribution in [0.1, 0.15) is 15.3 Å². The number of halogens is 1. The molecule has 1 aromatic carbocycles.